The number of hydrogen-bond acceptors (Lipinski definition) is 3. The largest absolute Gasteiger partial charge is 0.397 e. The van der Waals surface area contributed by atoms with Gasteiger partial charge in [0, 0.05) is 24.0 Å². The molecule has 0 saturated carbocycles. The second-order valence-corrected chi connectivity index (χ2v) is 6.41. The molecule has 3 aromatic rings. The number of aromatic amines is 1. The fourth-order valence-corrected chi connectivity index (χ4v) is 3.19. The molecular weight excluding hydrogens is 320 g/mol. The topological polar surface area (TPSA) is 66.7 Å². The molecule has 0 fully saturated rings. The molecule has 0 amide bonds. The number of aromatic nitrogens is 2. The van der Waals surface area contributed by atoms with E-state index in [2.05, 4.69) is 45.6 Å². The van der Waals surface area contributed by atoms with Crippen molar-refractivity contribution in [2.24, 2.45) is 0 Å². The SMILES string of the molecule is Nc1cc(-c2ccnc(/C=C/c3ccccc3)c2)[nH]c1C1=CCNCC1. The van der Waals surface area contributed by atoms with Crippen molar-refractivity contribution in [2.45, 2.75) is 6.42 Å². The van der Waals surface area contributed by atoms with Gasteiger partial charge in [-0.05, 0) is 48.4 Å². The van der Waals surface area contributed by atoms with Crippen LogP contribution in [0.1, 0.15) is 23.4 Å². The Morgan fingerprint density at radius 2 is 1.92 bits per heavy atom. The molecule has 0 bridgehead atoms. The van der Waals surface area contributed by atoms with Crippen molar-refractivity contribution in [3.05, 3.63) is 77.8 Å². The summed E-state index contributed by atoms with van der Waals surface area (Å²) in [5.74, 6) is 0. The summed E-state index contributed by atoms with van der Waals surface area (Å²) in [5, 5.41) is 3.33. The molecule has 1 aliphatic rings. The third-order valence-electron chi connectivity index (χ3n) is 4.57. The van der Waals surface area contributed by atoms with E-state index in [1.54, 1.807) is 0 Å². The van der Waals surface area contributed by atoms with Crippen LogP contribution in [-0.4, -0.2) is 23.1 Å². The highest BCUT2D eigenvalue weighted by Crippen LogP contribution is 2.30. The highest BCUT2D eigenvalue weighted by atomic mass is 14.9. The lowest BCUT2D eigenvalue weighted by Gasteiger charge is -2.13. The summed E-state index contributed by atoms with van der Waals surface area (Å²) in [5.41, 5.74) is 13.6. The number of nitrogens with two attached hydrogens (primary N) is 1. The summed E-state index contributed by atoms with van der Waals surface area (Å²) in [6, 6.07) is 16.3. The van der Waals surface area contributed by atoms with Crippen LogP contribution in [0.4, 0.5) is 5.69 Å². The van der Waals surface area contributed by atoms with Gasteiger partial charge in [-0.1, -0.05) is 42.5 Å². The van der Waals surface area contributed by atoms with E-state index in [1.165, 1.54) is 5.57 Å². The minimum Gasteiger partial charge on any atom is -0.397 e. The van der Waals surface area contributed by atoms with Crippen LogP contribution >= 0.6 is 0 Å². The number of nitrogens with one attached hydrogen (secondary N) is 2. The molecule has 2 aromatic heterocycles. The highest BCUT2D eigenvalue weighted by molar-refractivity contribution is 5.79. The summed E-state index contributed by atoms with van der Waals surface area (Å²) in [6.45, 7) is 1.89. The average molecular weight is 342 g/mol. The standard InChI is InChI=1S/C22H22N4/c23-20-15-21(26-22(20)17-8-11-24-12-9-17)18-10-13-25-19(14-18)7-6-16-4-2-1-3-5-16/h1-8,10,13-15,24,26H,9,11-12,23H2/b7-6+. The minimum absolute atomic E-state index is 0.798. The molecule has 0 aliphatic carbocycles. The maximum absolute atomic E-state index is 6.26. The van der Waals surface area contributed by atoms with Crippen LogP contribution in [0.3, 0.4) is 0 Å². The molecule has 4 heteroatoms. The van der Waals surface area contributed by atoms with Gasteiger partial charge in [-0.2, -0.15) is 0 Å². The van der Waals surface area contributed by atoms with E-state index in [4.69, 9.17) is 5.73 Å². The number of benzene rings is 1. The first-order valence-corrected chi connectivity index (χ1v) is 8.88. The molecule has 4 rings (SSSR count). The third kappa shape index (κ3) is 3.60. The van der Waals surface area contributed by atoms with Gasteiger partial charge in [0.2, 0.25) is 0 Å². The smallest absolute Gasteiger partial charge is 0.0649 e. The molecule has 4 N–H and O–H groups in total. The van der Waals surface area contributed by atoms with Gasteiger partial charge in [-0.3, -0.25) is 4.98 Å². The molecule has 0 radical (unpaired) electrons. The van der Waals surface area contributed by atoms with Crippen molar-refractivity contribution in [1.29, 1.82) is 0 Å². The van der Waals surface area contributed by atoms with Crippen LogP contribution in [0, 0.1) is 0 Å². The lowest BCUT2D eigenvalue weighted by molar-refractivity contribution is 0.737. The molecule has 1 aliphatic heterocycles. The molecular formula is C22H22N4. The number of anilines is 1. The van der Waals surface area contributed by atoms with Gasteiger partial charge >= 0.3 is 0 Å². The van der Waals surface area contributed by atoms with Gasteiger partial charge in [0.25, 0.3) is 0 Å². The Hall–Kier alpha value is -3.11. The van der Waals surface area contributed by atoms with Gasteiger partial charge in [0.15, 0.2) is 0 Å². The Balaban J connectivity index is 1.61. The van der Waals surface area contributed by atoms with Crippen LogP contribution in [-0.2, 0) is 0 Å². The number of rotatable bonds is 4. The molecule has 130 valence electrons. The van der Waals surface area contributed by atoms with Crippen LogP contribution in [0.5, 0.6) is 0 Å². The van der Waals surface area contributed by atoms with E-state index in [9.17, 15) is 0 Å². The summed E-state index contributed by atoms with van der Waals surface area (Å²) < 4.78 is 0. The highest BCUT2D eigenvalue weighted by Gasteiger charge is 2.13. The first-order chi connectivity index (χ1) is 12.8. The van der Waals surface area contributed by atoms with Crippen LogP contribution in [0.2, 0.25) is 0 Å². The van der Waals surface area contributed by atoms with Crippen molar-refractivity contribution in [2.75, 3.05) is 18.8 Å². The monoisotopic (exact) mass is 342 g/mol. The van der Waals surface area contributed by atoms with E-state index in [1.807, 2.05) is 42.6 Å². The van der Waals surface area contributed by atoms with E-state index in [0.29, 0.717) is 0 Å². The van der Waals surface area contributed by atoms with E-state index >= 15 is 0 Å². The zero-order valence-corrected chi connectivity index (χ0v) is 14.6. The molecule has 26 heavy (non-hydrogen) atoms. The lowest BCUT2D eigenvalue weighted by atomic mass is 10.1. The quantitative estimate of drug-likeness (QED) is 0.665. The summed E-state index contributed by atoms with van der Waals surface area (Å²) in [6.07, 6.45) is 9.13. The maximum atomic E-state index is 6.26. The van der Waals surface area contributed by atoms with Gasteiger partial charge in [-0.25, -0.2) is 0 Å². The number of nitrogen functional groups attached to an aromatic ring is 1. The lowest BCUT2D eigenvalue weighted by Crippen LogP contribution is -2.20. The Morgan fingerprint density at radius 3 is 2.73 bits per heavy atom. The summed E-state index contributed by atoms with van der Waals surface area (Å²) in [4.78, 5) is 7.94. The third-order valence-corrected chi connectivity index (χ3v) is 4.57. The van der Waals surface area contributed by atoms with E-state index in [0.717, 1.165) is 53.4 Å². The molecule has 0 spiro atoms. The number of pyridine rings is 1. The molecule has 4 nitrogen and oxygen atoms in total. The fraction of sp³-hybridized carbons (Fsp3) is 0.136. The number of nitrogens with zero attached hydrogens (tertiary/aromatic N) is 1. The van der Waals surface area contributed by atoms with Crippen LogP contribution in [0.15, 0.2) is 60.8 Å². The van der Waals surface area contributed by atoms with E-state index < -0.39 is 0 Å². The van der Waals surface area contributed by atoms with Gasteiger partial charge in [0.1, 0.15) is 0 Å². The number of H-pyrrole nitrogens is 1. The van der Waals surface area contributed by atoms with E-state index in [-0.39, 0.29) is 0 Å². The van der Waals surface area contributed by atoms with Crippen molar-refractivity contribution in [3.63, 3.8) is 0 Å². The Labute approximate surface area is 153 Å². The molecule has 0 unspecified atom stereocenters. The second kappa shape index (κ2) is 7.42. The fourth-order valence-electron chi connectivity index (χ4n) is 3.19. The van der Waals surface area contributed by atoms with Crippen LogP contribution in [0.25, 0.3) is 29.0 Å². The average Bonchev–Trinajstić information content (AvgIpc) is 3.10. The molecule has 3 heterocycles. The van der Waals surface area contributed by atoms with Gasteiger partial charge in [-0.15, -0.1) is 0 Å². The Kier molecular flexibility index (Phi) is 4.67. The molecule has 0 atom stereocenters. The predicted octanol–water partition coefficient (Wildman–Crippen LogP) is 4.21. The van der Waals surface area contributed by atoms with Crippen molar-refractivity contribution < 1.29 is 0 Å². The first-order valence-electron chi connectivity index (χ1n) is 8.88. The first kappa shape index (κ1) is 16.4. The maximum Gasteiger partial charge on any atom is 0.0649 e. The zero-order valence-electron chi connectivity index (χ0n) is 14.6. The summed E-state index contributed by atoms with van der Waals surface area (Å²) in [7, 11) is 0. The van der Waals surface area contributed by atoms with Gasteiger partial charge < -0.3 is 16.0 Å². The Bertz CT molecular complexity index is 951. The minimum atomic E-state index is 0.798. The van der Waals surface area contributed by atoms with Crippen LogP contribution < -0.4 is 11.1 Å². The predicted molar refractivity (Wildman–Crippen MR) is 109 cm³/mol. The van der Waals surface area contributed by atoms with Crippen molar-refractivity contribution in [1.82, 2.24) is 15.3 Å². The summed E-state index contributed by atoms with van der Waals surface area (Å²) >= 11 is 0. The zero-order chi connectivity index (χ0) is 17.8. The second-order valence-electron chi connectivity index (χ2n) is 6.41. The van der Waals surface area contributed by atoms with Gasteiger partial charge in [0.05, 0.1) is 17.1 Å². The normalized spacial score (nSPS) is 14.5. The number of hydrogen-bond donors (Lipinski definition) is 3. The van der Waals surface area contributed by atoms with Crippen molar-refractivity contribution >= 4 is 23.4 Å². The molecule has 1 aromatic carbocycles. The van der Waals surface area contributed by atoms with Crippen molar-refractivity contribution in [3.8, 4) is 11.3 Å². The Morgan fingerprint density at radius 1 is 1.04 bits per heavy atom. The molecule has 0 saturated heterocycles.